The largest absolute Gasteiger partial charge is 0.487 e. The minimum Gasteiger partial charge on any atom is -0.487 e. The lowest BCUT2D eigenvalue weighted by Crippen LogP contribution is -2.63. The molecule has 2 amide bonds. The number of rotatable bonds is 3. The quantitative estimate of drug-likeness (QED) is 0.477. The molecule has 0 saturated carbocycles. The van der Waals surface area contributed by atoms with E-state index in [2.05, 4.69) is 35.8 Å². The number of carbonyl (C=O) groups excluding carboxylic acids is 2. The minimum atomic E-state index is -0.471. The van der Waals surface area contributed by atoms with Crippen LogP contribution in [0.25, 0.3) is 6.08 Å². The Morgan fingerprint density at radius 1 is 1.15 bits per heavy atom. The monoisotopic (exact) mass is 556 g/mol. The molecular weight excluding hydrogens is 516 g/mol. The highest BCUT2D eigenvalue weighted by molar-refractivity contribution is 6.00. The van der Waals surface area contributed by atoms with Gasteiger partial charge in [-0.15, -0.1) is 0 Å². The summed E-state index contributed by atoms with van der Waals surface area (Å²) in [6, 6.07) is 11.3. The molecule has 1 fully saturated rings. The average molecular weight is 557 g/mol. The molecule has 41 heavy (non-hydrogen) atoms. The van der Waals surface area contributed by atoms with E-state index in [-0.39, 0.29) is 35.8 Å². The van der Waals surface area contributed by atoms with E-state index in [0.29, 0.717) is 25.0 Å². The van der Waals surface area contributed by atoms with Gasteiger partial charge in [0.2, 0.25) is 5.91 Å². The molecule has 2 aromatic rings. The Morgan fingerprint density at radius 2 is 1.98 bits per heavy atom. The van der Waals surface area contributed by atoms with E-state index in [4.69, 9.17) is 14.9 Å². The van der Waals surface area contributed by atoms with Crippen LogP contribution in [0.15, 0.2) is 42.5 Å². The van der Waals surface area contributed by atoms with E-state index in [9.17, 15) is 9.59 Å². The number of hydrogen-bond acceptors (Lipinski definition) is 5. The van der Waals surface area contributed by atoms with Gasteiger partial charge in [-0.2, -0.15) is 0 Å². The van der Waals surface area contributed by atoms with Gasteiger partial charge in [-0.25, -0.2) is 0 Å². The number of methoxy groups -OCH3 is 1. The van der Waals surface area contributed by atoms with Crippen molar-refractivity contribution in [3.8, 4) is 5.75 Å². The number of benzene rings is 2. The molecule has 8 heteroatoms. The SMILES string of the molecule is CC[C@]12CC/C=C\c3ccc4c(c3)[C@H](CC(C)(C)O4)NC(=O)c3ccc4c(c3)[C@@H]([C@@H](COC)C4)N(C(=N)N1)C(=O)C2. The summed E-state index contributed by atoms with van der Waals surface area (Å²) in [5, 5.41) is 15.7. The highest BCUT2D eigenvalue weighted by atomic mass is 16.5. The first kappa shape index (κ1) is 27.5. The number of nitrogens with zero attached hydrogens (tertiary/aromatic N) is 1. The summed E-state index contributed by atoms with van der Waals surface area (Å²) in [6.45, 7) is 6.63. The molecule has 6 bridgehead atoms. The molecule has 5 aliphatic rings. The van der Waals surface area contributed by atoms with E-state index in [1.165, 1.54) is 0 Å². The maximum absolute atomic E-state index is 13.8. The maximum atomic E-state index is 13.8. The standard InChI is InChI=1S/C33H40N4O4/c1-5-33-13-7-6-8-20-9-12-27-25(14-20)26(17-32(2,3)41-27)35-30(39)22-11-10-21-15-23(19-40-4)29(24(21)16-22)37(28(38)18-33)31(34)36-33/h6,8-12,14,16,23,26,29H,5,7,13,15,17-19H2,1-4H3,(H2,34,36)(H,35,39)/b8-6-/t23-,26+,29-,33-/m1/s1. The second kappa shape index (κ2) is 10.3. The van der Waals surface area contributed by atoms with Crippen molar-refractivity contribution in [3.05, 3.63) is 70.3 Å². The van der Waals surface area contributed by atoms with Crippen molar-refractivity contribution in [1.29, 1.82) is 5.41 Å². The van der Waals surface area contributed by atoms with Crippen LogP contribution in [0, 0.1) is 11.3 Å². The third kappa shape index (κ3) is 5.03. The Kier molecular flexibility index (Phi) is 6.92. The number of allylic oxidation sites excluding steroid dienone is 1. The van der Waals surface area contributed by atoms with E-state index < -0.39 is 11.1 Å². The van der Waals surface area contributed by atoms with Crippen LogP contribution in [0.2, 0.25) is 0 Å². The van der Waals surface area contributed by atoms with Crippen molar-refractivity contribution in [3.63, 3.8) is 0 Å². The van der Waals surface area contributed by atoms with Crippen molar-refractivity contribution < 1.29 is 19.1 Å². The third-order valence-electron chi connectivity index (χ3n) is 9.27. The summed E-state index contributed by atoms with van der Waals surface area (Å²) in [6.07, 6.45) is 8.16. The van der Waals surface area contributed by atoms with E-state index in [0.717, 1.165) is 53.7 Å². The highest BCUT2D eigenvalue weighted by Gasteiger charge is 2.47. The topological polar surface area (TPSA) is 104 Å². The van der Waals surface area contributed by atoms with Gasteiger partial charge in [0.15, 0.2) is 5.96 Å². The second-order valence-electron chi connectivity index (χ2n) is 12.7. The normalized spacial score (nSPS) is 29.2. The Hall–Kier alpha value is -3.65. The Bertz CT molecular complexity index is 1410. The molecule has 0 spiro atoms. The predicted molar refractivity (Wildman–Crippen MR) is 158 cm³/mol. The van der Waals surface area contributed by atoms with Gasteiger partial charge in [-0.05, 0) is 80.5 Å². The number of fused-ring (bicyclic) bond motifs is 5. The molecule has 4 heterocycles. The molecule has 1 aliphatic carbocycles. The zero-order valence-electron chi connectivity index (χ0n) is 24.4. The number of carbonyl (C=O) groups is 2. The zero-order chi connectivity index (χ0) is 28.9. The van der Waals surface area contributed by atoms with Crippen molar-refractivity contribution in [2.24, 2.45) is 5.92 Å². The summed E-state index contributed by atoms with van der Waals surface area (Å²) >= 11 is 0. The summed E-state index contributed by atoms with van der Waals surface area (Å²) in [7, 11) is 1.67. The lowest BCUT2D eigenvalue weighted by Gasteiger charge is -2.45. The summed E-state index contributed by atoms with van der Waals surface area (Å²) in [5.74, 6) is 0.695. The molecule has 216 valence electrons. The van der Waals surface area contributed by atoms with Gasteiger partial charge in [0.05, 0.1) is 25.1 Å². The lowest BCUT2D eigenvalue weighted by atomic mass is 9.83. The zero-order valence-corrected chi connectivity index (χ0v) is 24.4. The van der Waals surface area contributed by atoms with Gasteiger partial charge in [-0.1, -0.05) is 31.2 Å². The Labute approximate surface area is 242 Å². The van der Waals surface area contributed by atoms with Crippen molar-refractivity contribution in [1.82, 2.24) is 15.5 Å². The van der Waals surface area contributed by atoms with Crippen LogP contribution in [0.1, 0.15) is 97.6 Å². The fraction of sp³-hybridized carbons (Fsp3) is 0.485. The molecule has 4 atom stereocenters. The number of nitrogens with one attached hydrogen (secondary N) is 3. The average Bonchev–Trinajstić information content (AvgIpc) is 3.27. The first-order chi connectivity index (χ1) is 19.6. The van der Waals surface area contributed by atoms with Gasteiger partial charge in [-0.3, -0.25) is 19.9 Å². The Balaban J connectivity index is 1.45. The lowest BCUT2D eigenvalue weighted by molar-refractivity contribution is -0.133. The molecular formula is C33H40N4O4. The van der Waals surface area contributed by atoms with Crippen LogP contribution in [-0.4, -0.2) is 47.5 Å². The fourth-order valence-corrected chi connectivity index (χ4v) is 7.18. The maximum Gasteiger partial charge on any atom is 0.251 e. The molecule has 0 radical (unpaired) electrons. The van der Waals surface area contributed by atoms with E-state index >= 15 is 0 Å². The molecule has 3 N–H and O–H groups in total. The van der Waals surface area contributed by atoms with Crippen LogP contribution < -0.4 is 15.4 Å². The number of guanidine groups is 1. The van der Waals surface area contributed by atoms with Crippen LogP contribution in [-0.2, 0) is 16.0 Å². The van der Waals surface area contributed by atoms with Crippen molar-refractivity contribution in [2.75, 3.05) is 13.7 Å². The van der Waals surface area contributed by atoms with E-state index in [1.807, 2.05) is 44.2 Å². The third-order valence-corrected chi connectivity index (χ3v) is 9.27. The van der Waals surface area contributed by atoms with Gasteiger partial charge in [0, 0.05) is 36.1 Å². The van der Waals surface area contributed by atoms with Crippen LogP contribution >= 0.6 is 0 Å². The number of hydrogen-bond donors (Lipinski definition) is 3. The molecule has 8 nitrogen and oxygen atoms in total. The van der Waals surface area contributed by atoms with Gasteiger partial charge in [0.1, 0.15) is 11.4 Å². The molecule has 1 saturated heterocycles. The van der Waals surface area contributed by atoms with Crippen LogP contribution in [0.3, 0.4) is 0 Å². The number of amides is 2. The molecule has 2 aromatic carbocycles. The first-order valence-corrected chi connectivity index (χ1v) is 14.7. The predicted octanol–water partition coefficient (Wildman–Crippen LogP) is 5.29. The summed E-state index contributed by atoms with van der Waals surface area (Å²) in [4.78, 5) is 29.2. The van der Waals surface area contributed by atoms with Crippen LogP contribution in [0.4, 0.5) is 0 Å². The van der Waals surface area contributed by atoms with Crippen molar-refractivity contribution in [2.45, 2.75) is 82.5 Å². The Morgan fingerprint density at radius 3 is 2.73 bits per heavy atom. The highest BCUT2D eigenvalue weighted by Crippen LogP contribution is 2.44. The van der Waals surface area contributed by atoms with Crippen LogP contribution in [0.5, 0.6) is 5.75 Å². The minimum absolute atomic E-state index is 0.0105. The number of ether oxygens (including phenoxy) is 2. The fourth-order valence-electron chi connectivity index (χ4n) is 7.18. The first-order valence-electron chi connectivity index (χ1n) is 14.7. The molecule has 4 aliphatic heterocycles. The smallest absolute Gasteiger partial charge is 0.251 e. The molecule has 0 unspecified atom stereocenters. The molecule has 0 aromatic heterocycles. The molecule has 7 rings (SSSR count). The summed E-state index contributed by atoms with van der Waals surface area (Å²) in [5.41, 5.74) is 3.67. The summed E-state index contributed by atoms with van der Waals surface area (Å²) < 4.78 is 11.9. The van der Waals surface area contributed by atoms with Gasteiger partial charge in [0.25, 0.3) is 5.91 Å². The van der Waals surface area contributed by atoms with E-state index in [1.54, 1.807) is 12.0 Å². The van der Waals surface area contributed by atoms with Gasteiger partial charge >= 0.3 is 0 Å². The van der Waals surface area contributed by atoms with Crippen molar-refractivity contribution >= 4 is 23.8 Å². The second-order valence-corrected chi connectivity index (χ2v) is 12.7. The van der Waals surface area contributed by atoms with Gasteiger partial charge < -0.3 is 20.1 Å².